The molecule has 1 saturated heterocycles. The summed E-state index contributed by atoms with van der Waals surface area (Å²) in [5.41, 5.74) is 5.83. The van der Waals surface area contributed by atoms with E-state index in [2.05, 4.69) is 6.92 Å². The van der Waals surface area contributed by atoms with Crippen LogP contribution in [-0.2, 0) is 0 Å². The first kappa shape index (κ1) is 19.3. The molecular formula is C18H37NOS. The van der Waals surface area contributed by atoms with Gasteiger partial charge < -0.3 is 10.8 Å². The van der Waals surface area contributed by atoms with Crippen molar-refractivity contribution in [2.24, 2.45) is 5.73 Å². The van der Waals surface area contributed by atoms with Crippen molar-refractivity contribution in [3.8, 4) is 0 Å². The van der Waals surface area contributed by atoms with Crippen LogP contribution >= 0.6 is 11.8 Å². The summed E-state index contributed by atoms with van der Waals surface area (Å²) < 4.78 is 0. The molecule has 0 unspecified atom stereocenters. The Kier molecular flexibility index (Phi) is 11.8. The summed E-state index contributed by atoms with van der Waals surface area (Å²) in [7, 11) is 0. The Bertz CT molecular complexity index is 237. The van der Waals surface area contributed by atoms with E-state index in [1.807, 2.05) is 11.8 Å². The second kappa shape index (κ2) is 12.8. The van der Waals surface area contributed by atoms with Crippen LogP contribution in [0.5, 0.6) is 0 Å². The SMILES string of the molecule is CCCCCCCCCCCCCC[C@@H]1SC[C@H](N)[C@@H]1O. The summed E-state index contributed by atoms with van der Waals surface area (Å²) in [5.74, 6) is 0.935. The number of aliphatic hydroxyl groups excluding tert-OH is 1. The van der Waals surface area contributed by atoms with Crippen LogP contribution in [0.3, 0.4) is 0 Å². The average Bonchev–Trinajstić information content (AvgIpc) is 2.80. The van der Waals surface area contributed by atoms with Crippen LogP contribution < -0.4 is 5.73 Å². The molecule has 1 fully saturated rings. The van der Waals surface area contributed by atoms with Crippen LogP contribution in [0.15, 0.2) is 0 Å². The normalized spacial score (nSPS) is 25.6. The van der Waals surface area contributed by atoms with Gasteiger partial charge in [-0.1, -0.05) is 84.0 Å². The molecule has 3 N–H and O–H groups in total. The number of thioether (sulfide) groups is 1. The third-order valence-electron chi connectivity index (χ3n) is 4.66. The van der Waals surface area contributed by atoms with Crippen LogP contribution in [0, 0.1) is 0 Å². The minimum Gasteiger partial charge on any atom is -0.390 e. The largest absolute Gasteiger partial charge is 0.390 e. The molecule has 0 radical (unpaired) electrons. The van der Waals surface area contributed by atoms with E-state index in [1.54, 1.807) is 0 Å². The maximum atomic E-state index is 9.89. The highest BCUT2D eigenvalue weighted by atomic mass is 32.2. The molecule has 0 amide bonds. The van der Waals surface area contributed by atoms with E-state index in [4.69, 9.17) is 5.73 Å². The Hall–Kier alpha value is 0.270. The number of nitrogens with two attached hydrogens (primary N) is 1. The molecule has 3 atom stereocenters. The molecule has 0 aromatic carbocycles. The molecule has 21 heavy (non-hydrogen) atoms. The van der Waals surface area contributed by atoms with E-state index in [1.165, 1.54) is 77.0 Å². The minimum absolute atomic E-state index is 0.0114. The maximum Gasteiger partial charge on any atom is 0.0817 e. The van der Waals surface area contributed by atoms with Crippen molar-refractivity contribution in [3.05, 3.63) is 0 Å². The zero-order valence-electron chi connectivity index (χ0n) is 14.1. The smallest absolute Gasteiger partial charge is 0.0817 e. The van der Waals surface area contributed by atoms with Crippen LogP contribution in [-0.4, -0.2) is 28.3 Å². The highest BCUT2D eigenvalue weighted by Gasteiger charge is 2.32. The topological polar surface area (TPSA) is 46.2 Å². The van der Waals surface area contributed by atoms with Gasteiger partial charge in [0, 0.05) is 17.0 Å². The van der Waals surface area contributed by atoms with Crippen molar-refractivity contribution in [1.82, 2.24) is 0 Å². The predicted molar refractivity (Wildman–Crippen MR) is 95.9 cm³/mol. The Balaban J connectivity index is 1.77. The number of hydrogen-bond donors (Lipinski definition) is 2. The Morgan fingerprint density at radius 3 is 1.76 bits per heavy atom. The van der Waals surface area contributed by atoms with Gasteiger partial charge in [-0.3, -0.25) is 0 Å². The molecule has 1 aliphatic heterocycles. The lowest BCUT2D eigenvalue weighted by Gasteiger charge is -2.15. The van der Waals surface area contributed by atoms with E-state index in [0.717, 1.165) is 12.2 Å². The zero-order chi connectivity index (χ0) is 15.3. The summed E-state index contributed by atoms with van der Waals surface area (Å²) in [6, 6.07) is 0.0114. The molecular weight excluding hydrogens is 278 g/mol. The third-order valence-corrected chi connectivity index (χ3v) is 6.18. The van der Waals surface area contributed by atoms with Crippen molar-refractivity contribution in [2.45, 2.75) is 108 Å². The van der Waals surface area contributed by atoms with Gasteiger partial charge in [-0.25, -0.2) is 0 Å². The molecule has 0 aromatic rings. The summed E-state index contributed by atoms with van der Waals surface area (Å²) in [5, 5.41) is 10.3. The van der Waals surface area contributed by atoms with E-state index in [9.17, 15) is 5.11 Å². The first-order valence-corrected chi connectivity index (χ1v) is 10.4. The molecule has 2 nitrogen and oxygen atoms in total. The summed E-state index contributed by atoms with van der Waals surface area (Å²) in [4.78, 5) is 0. The lowest BCUT2D eigenvalue weighted by molar-refractivity contribution is 0.153. The van der Waals surface area contributed by atoms with Gasteiger partial charge in [0.25, 0.3) is 0 Å². The van der Waals surface area contributed by atoms with Gasteiger partial charge in [0.15, 0.2) is 0 Å². The molecule has 126 valence electrons. The van der Waals surface area contributed by atoms with Gasteiger partial charge in [-0.2, -0.15) is 11.8 Å². The Morgan fingerprint density at radius 1 is 0.857 bits per heavy atom. The van der Waals surface area contributed by atoms with E-state index < -0.39 is 0 Å². The van der Waals surface area contributed by atoms with E-state index in [0.29, 0.717) is 5.25 Å². The molecule has 0 spiro atoms. The zero-order valence-corrected chi connectivity index (χ0v) is 14.9. The second-order valence-electron chi connectivity index (χ2n) is 6.70. The molecule has 3 heteroatoms. The van der Waals surface area contributed by atoms with Crippen molar-refractivity contribution in [2.75, 3.05) is 5.75 Å². The van der Waals surface area contributed by atoms with Crippen LogP contribution in [0.4, 0.5) is 0 Å². The highest BCUT2D eigenvalue weighted by molar-refractivity contribution is 8.00. The number of rotatable bonds is 13. The van der Waals surface area contributed by atoms with Gasteiger partial charge in [0.1, 0.15) is 0 Å². The van der Waals surface area contributed by atoms with Gasteiger partial charge in [-0.15, -0.1) is 0 Å². The molecule has 0 saturated carbocycles. The van der Waals surface area contributed by atoms with Crippen LogP contribution in [0.25, 0.3) is 0 Å². The molecule has 0 aromatic heterocycles. The summed E-state index contributed by atoms with van der Waals surface area (Å²) in [6.45, 7) is 2.28. The Labute approximate surface area is 136 Å². The third kappa shape index (κ3) is 9.10. The first-order chi connectivity index (χ1) is 10.3. The standard InChI is InChI=1S/C18H37NOS/c1-2-3-4-5-6-7-8-9-10-11-12-13-14-17-18(20)16(19)15-21-17/h16-18,20H,2-15,19H2,1H3/t16-,17-,18-/m0/s1. The van der Waals surface area contributed by atoms with Crippen molar-refractivity contribution >= 4 is 11.8 Å². The second-order valence-corrected chi connectivity index (χ2v) is 7.98. The lowest BCUT2D eigenvalue weighted by atomic mass is 10.0. The Morgan fingerprint density at radius 2 is 1.33 bits per heavy atom. The van der Waals surface area contributed by atoms with Crippen molar-refractivity contribution in [1.29, 1.82) is 0 Å². The van der Waals surface area contributed by atoms with E-state index in [-0.39, 0.29) is 12.1 Å². The van der Waals surface area contributed by atoms with Gasteiger partial charge >= 0.3 is 0 Å². The highest BCUT2D eigenvalue weighted by Crippen LogP contribution is 2.30. The van der Waals surface area contributed by atoms with Gasteiger partial charge in [0.05, 0.1) is 6.10 Å². The minimum atomic E-state index is -0.261. The van der Waals surface area contributed by atoms with Gasteiger partial charge in [0.2, 0.25) is 0 Å². The van der Waals surface area contributed by atoms with Crippen LogP contribution in [0.2, 0.25) is 0 Å². The molecule has 1 heterocycles. The van der Waals surface area contributed by atoms with Gasteiger partial charge in [-0.05, 0) is 6.42 Å². The lowest BCUT2D eigenvalue weighted by Crippen LogP contribution is -2.36. The van der Waals surface area contributed by atoms with Crippen molar-refractivity contribution in [3.63, 3.8) is 0 Å². The molecule has 0 aliphatic carbocycles. The fraction of sp³-hybridized carbons (Fsp3) is 1.00. The number of aliphatic hydroxyl groups is 1. The predicted octanol–water partition coefficient (Wildman–Crippen LogP) is 4.88. The number of hydrogen-bond acceptors (Lipinski definition) is 3. The van der Waals surface area contributed by atoms with E-state index >= 15 is 0 Å². The summed E-state index contributed by atoms with van der Waals surface area (Å²) in [6.07, 6.45) is 17.6. The number of unbranched alkanes of at least 4 members (excludes halogenated alkanes) is 11. The maximum absolute atomic E-state index is 9.89. The van der Waals surface area contributed by atoms with Crippen molar-refractivity contribution < 1.29 is 5.11 Å². The molecule has 0 bridgehead atoms. The fourth-order valence-corrected chi connectivity index (χ4v) is 4.55. The first-order valence-electron chi connectivity index (χ1n) is 9.31. The molecule has 1 aliphatic rings. The average molecular weight is 316 g/mol. The fourth-order valence-electron chi connectivity index (χ4n) is 3.15. The molecule has 1 rings (SSSR count). The summed E-state index contributed by atoms with van der Waals surface area (Å²) >= 11 is 1.87. The quantitative estimate of drug-likeness (QED) is 0.476. The van der Waals surface area contributed by atoms with Crippen LogP contribution in [0.1, 0.15) is 90.4 Å². The monoisotopic (exact) mass is 315 g/mol.